The van der Waals surface area contributed by atoms with Gasteiger partial charge in [-0.05, 0) is 41.3 Å². The van der Waals surface area contributed by atoms with Gasteiger partial charge in [-0.2, -0.15) is 13.2 Å². The normalized spacial score (nSPS) is 12.4. The maximum absolute atomic E-state index is 12.9. The Morgan fingerprint density at radius 1 is 1.08 bits per heavy atom. The summed E-state index contributed by atoms with van der Waals surface area (Å²) in [5.74, 6) is -1.05. The summed E-state index contributed by atoms with van der Waals surface area (Å²) in [6.45, 7) is 8.66. The quantitative estimate of drug-likeness (QED) is 0.639. The molecule has 1 aromatic carbocycles. The number of benzene rings is 1. The second-order valence-corrected chi connectivity index (χ2v) is 5.19. The smallest absolute Gasteiger partial charge is 0.278 e. The highest BCUT2D eigenvalue weighted by Crippen LogP contribution is 2.29. The molecule has 24 heavy (non-hydrogen) atoms. The van der Waals surface area contributed by atoms with Gasteiger partial charge in [0, 0.05) is 6.20 Å². The van der Waals surface area contributed by atoms with E-state index in [2.05, 4.69) is 15.0 Å². The summed E-state index contributed by atoms with van der Waals surface area (Å²) in [5.41, 5.74) is 3.23. The molecule has 3 rings (SSSR count). The average molecular weight is 328 g/mol. The molecule has 0 bridgehead atoms. The largest absolute Gasteiger partial charge is 0.452 e. The van der Waals surface area contributed by atoms with Crippen molar-refractivity contribution in [1.82, 2.24) is 14.6 Å². The highest BCUT2D eigenvalue weighted by atomic mass is 19.4. The molecule has 0 unspecified atom stereocenters. The maximum atomic E-state index is 12.9. The Morgan fingerprint density at radius 3 is 2.38 bits per heavy atom. The second-order valence-electron chi connectivity index (χ2n) is 5.19. The molecule has 3 aromatic rings. The van der Waals surface area contributed by atoms with Crippen molar-refractivity contribution in [3.05, 3.63) is 71.6 Å². The molecule has 120 valence electrons. The SMILES string of the molecule is [C-]#[N+]/C=C(\C)c1ccc(-c2ccc3nnc(C(F)(F)F)n3c2)cc1. The van der Waals surface area contributed by atoms with E-state index < -0.39 is 12.0 Å². The van der Waals surface area contributed by atoms with Crippen molar-refractivity contribution < 1.29 is 13.2 Å². The molecule has 4 nitrogen and oxygen atoms in total. The van der Waals surface area contributed by atoms with Gasteiger partial charge in [0.1, 0.15) is 0 Å². The van der Waals surface area contributed by atoms with Crippen LogP contribution in [-0.4, -0.2) is 14.6 Å². The Kier molecular flexibility index (Phi) is 3.81. The molecule has 0 fully saturated rings. The van der Waals surface area contributed by atoms with Crippen molar-refractivity contribution in [2.75, 3.05) is 0 Å². The summed E-state index contributed by atoms with van der Waals surface area (Å²) in [5, 5.41) is 6.75. The highest BCUT2D eigenvalue weighted by Gasteiger charge is 2.36. The summed E-state index contributed by atoms with van der Waals surface area (Å²) >= 11 is 0. The van der Waals surface area contributed by atoms with E-state index in [1.165, 1.54) is 18.5 Å². The molecule has 0 atom stereocenters. The maximum Gasteiger partial charge on any atom is 0.452 e. The fraction of sp³-hybridized carbons (Fsp3) is 0.118. The van der Waals surface area contributed by atoms with E-state index >= 15 is 0 Å². The predicted molar refractivity (Wildman–Crippen MR) is 83.7 cm³/mol. The standard InChI is InChI=1S/C17H11F3N4/c1-11(9-21-2)12-3-5-13(6-4-12)14-7-8-15-22-23-16(17(18,19)20)24(15)10-14/h3-10H,1H3/b11-9+. The van der Waals surface area contributed by atoms with Gasteiger partial charge in [0.25, 0.3) is 0 Å². The third-order valence-corrected chi connectivity index (χ3v) is 3.59. The molecule has 0 radical (unpaired) electrons. The Balaban J connectivity index is 2.04. The molecule has 0 aliphatic rings. The minimum absolute atomic E-state index is 0.138. The van der Waals surface area contributed by atoms with Crippen molar-refractivity contribution in [3.8, 4) is 11.1 Å². The molecule has 0 amide bonds. The van der Waals surface area contributed by atoms with Gasteiger partial charge in [-0.25, -0.2) is 4.85 Å². The molecule has 2 heterocycles. The Morgan fingerprint density at radius 2 is 1.75 bits per heavy atom. The van der Waals surface area contributed by atoms with Crippen LogP contribution in [0.2, 0.25) is 0 Å². The van der Waals surface area contributed by atoms with Gasteiger partial charge in [-0.15, -0.1) is 10.2 Å². The zero-order valence-electron chi connectivity index (χ0n) is 12.5. The third-order valence-electron chi connectivity index (χ3n) is 3.59. The first kappa shape index (κ1) is 15.7. The third kappa shape index (κ3) is 2.86. The van der Waals surface area contributed by atoms with Gasteiger partial charge in [0.15, 0.2) is 11.8 Å². The van der Waals surface area contributed by atoms with Gasteiger partial charge in [0.2, 0.25) is 5.82 Å². The lowest BCUT2D eigenvalue weighted by atomic mass is 10.0. The van der Waals surface area contributed by atoms with Gasteiger partial charge in [-0.1, -0.05) is 24.3 Å². The second kappa shape index (κ2) is 5.81. The van der Waals surface area contributed by atoms with Crippen LogP contribution in [0.3, 0.4) is 0 Å². The number of rotatable bonds is 2. The zero-order chi connectivity index (χ0) is 17.3. The van der Waals surface area contributed by atoms with Crippen molar-refractivity contribution in [1.29, 1.82) is 0 Å². The van der Waals surface area contributed by atoms with Gasteiger partial charge >= 0.3 is 6.18 Å². The van der Waals surface area contributed by atoms with Crippen molar-refractivity contribution in [3.63, 3.8) is 0 Å². The minimum Gasteiger partial charge on any atom is -0.278 e. The minimum atomic E-state index is -4.57. The number of hydrogen-bond donors (Lipinski definition) is 0. The van der Waals surface area contributed by atoms with E-state index in [0.29, 0.717) is 5.56 Å². The van der Waals surface area contributed by atoms with E-state index in [4.69, 9.17) is 6.57 Å². The Hall–Kier alpha value is -3.14. The van der Waals surface area contributed by atoms with Gasteiger partial charge in [0.05, 0.1) is 6.57 Å². The summed E-state index contributed by atoms with van der Waals surface area (Å²) in [6.07, 6.45) is -1.77. The summed E-state index contributed by atoms with van der Waals surface area (Å²) in [4.78, 5) is 3.22. The van der Waals surface area contributed by atoms with Crippen LogP contribution in [0.25, 0.3) is 27.2 Å². The number of hydrogen-bond acceptors (Lipinski definition) is 2. The Labute approximate surface area is 135 Å². The average Bonchev–Trinajstić information content (AvgIpc) is 2.98. The molecule has 0 saturated carbocycles. The number of pyridine rings is 1. The lowest BCUT2D eigenvalue weighted by Gasteiger charge is -2.07. The van der Waals surface area contributed by atoms with Crippen LogP contribution in [0, 0.1) is 6.57 Å². The monoisotopic (exact) mass is 328 g/mol. The Bertz CT molecular complexity index is 960. The van der Waals surface area contributed by atoms with Crippen LogP contribution in [0.15, 0.2) is 48.8 Å². The van der Waals surface area contributed by atoms with Crippen LogP contribution in [-0.2, 0) is 6.18 Å². The predicted octanol–water partition coefficient (Wildman–Crippen LogP) is 4.70. The van der Waals surface area contributed by atoms with Gasteiger partial charge < -0.3 is 0 Å². The molecule has 0 aliphatic heterocycles. The van der Waals surface area contributed by atoms with E-state index in [-0.39, 0.29) is 5.65 Å². The van der Waals surface area contributed by atoms with Crippen LogP contribution in [0.4, 0.5) is 13.2 Å². The fourth-order valence-corrected chi connectivity index (χ4v) is 2.35. The van der Waals surface area contributed by atoms with Crippen molar-refractivity contribution in [2.24, 2.45) is 0 Å². The van der Waals surface area contributed by atoms with Crippen LogP contribution < -0.4 is 0 Å². The first-order chi connectivity index (χ1) is 11.4. The molecule has 0 N–H and O–H groups in total. The lowest BCUT2D eigenvalue weighted by molar-refractivity contribution is -0.145. The first-order valence-corrected chi connectivity index (χ1v) is 6.96. The summed E-state index contributed by atoms with van der Waals surface area (Å²) in [7, 11) is 0. The molecule has 0 spiro atoms. The van der Waals surface area contributed by atoms with Crippen LogP contribution in [0.1, 0.15) is 18.3 Å². The number of nitrogens with zero attached hydrogens (tertiary/aromatic N) is 4. The number of fused-ring (bicyclic) bond motifs is 1. The van der Waals surface area contributed by atoms with E-state index in [0.717, 1.165) is 21.1 Å². The van der Waals surface area contributed by atoms with E-state index in [9.17, 15) is 13.2 Å². The number of aromatic nitrogens is 3. The molecule has 0 aliphatic carbocycles. The summed E-state index contributed by atoms with van der Waals surface area (Å²) < 4.78 is 39.8. The number of halogens is 3. The number of alkyl halides is 3. The molecular formula is C17H11F3N4. The zero-order valence-corrected chi connectivity index (χ0v) is 12.5. The molecule has 0 saturated heterocycles. The summed E-state index contributed by atoms with van der Waals surface area (Å²) in [6, 6.07) is 10.4. The first-order valence-electron chi connectivity index (χ1n) is 6.96. The van der Waals surface area contributed by atoms with E-state index in [1.54, 1.807) is 18.2 Å². The van der Waals surface area contributed by atoms with Crippen molar-refractivity contribution in [2.45, 2.75) is 13.1 Å². The fourth-order valence-electron chi connectivity index (χ4n) is 2.35. The molecular weight excluding hydrogens is 317 g/mol. The van der Waals surface area contributed by atoms with Gasteiger partial charge in [-0.3, -0.25) is 4.40 Å². The van der Waals surface area contributed by atoms with Crippen LogP contribution >= 0.6 is 0 Å². The molecule has 7 heteroatoms. The van der Waals surface area contributed by atoms with Crippen LogP contribution in [0.5, 0.6) is 0 Å². The highest BCUT2D eigenvalue weighted by molar-refractivity contribution is 5.70. The number of allylic oxidation sites excluding steroid dienone is 1. The van der Waals surface area contributed by atoms with Crippen molar-refractivity contribution >= 4 is 11.2 Å². The van der Waals surface area contributed by atoms with E-state index in [1.807, 2.05) is 19.1 Å². The topological polar surface area (TPSA) is 34.5 Å². The lowest BCUT2D eigenvalue weighted by Crippen LogP contribution is -2.10. The molecule has 2 aromatic heterocycles.